The van der Waals surface area contributed by atoms with Crippen molar-refractivity contribution in [2.45, 2.75) is 19.4 Å². The number of nitrogens with one attached hydrogen (secondary N) is 2. The van der Waals surface area contributed by atoms with Gasteiger partial charge in [-0.05, 0) is 48.4 Å². The van der Waals surface area contributed by atoms with E-state index in [1.165, 1.54) is 11.2 Å². The fraction of sp³-hybridized carbons (Fsp3) is 0.240. The van der Waals surface area contributed by atoms with Crippen molar-refractivity contribution in [1.82, 2.24) is 10.2 Å². The summed E-state index contributed by atoms with van der Waals surface area (Å²) in [5.41, 5.74) is 1.63. The SMILES string of the molecule is COc1ccc(NC(=O)CNC(=O)CN(Cc2ccco2)C(=O)CCc2ccccc2)cc1. The Morgan fingerprint density at radius 1 is 0.939 bits per heavy atom. The Morgan fingerprint density at radius 2 is 1.70 bits per heavy atom. The smallest absolute Gasteiger partial charge is 0.243 e. The highest BCUT2D eigenvalue weighted by Crippen LogP contribution is 2.14. The van der Waals surface area contributed by atoms with Gasteiger partial charge in [-0.15, -0.1) is 0 Å². The summed E-state index contributed by atoms with van der Waals surface area (Å²) in [7, 11) is 1.56. The predicted molar refractivity (Wildman–Crippen MR) is 124 cm³/mol. The van der Waals surface area contributed by atoms with E-state index in [4.69, 9.17) is 9.15 Å². The minimum Gasteiger partial charge on any atom is -0.497 e. The first kappa shape index (κ1) is 23.6. The summed E-state index contributed by atoms with van der Waals surface area (Å²) in [6.07, 6.45) is 2.35. The summed E-state index contributed by atoms with van der Waals surface area (Å²) in [5, 5.41) is 5.26. The monoisotopic (exact) mass is 449 g/mol. The fourth-order valence-electron chi connectivity index (χ4n) is 3.16. The van der Waals surface area contributed by atoms with E-state index in [0.717, 1.165) is 5.56 Å². The maximum Gasteiger partial charge on any atom is 0.243 e. The number of benzene rings is 2. The lowest BCUT2D eigenvalue weighted by Crippen LogP contribution is -2.42. The molecule has 8 heteroatoms. The van der Waals surface area contributed by atoms with Gasteiger partial charge in [0.2, 0.25) is 17.7 Å². The molecule has 0 radical (unpaired) electrons. The molecule has 2 N–H and O–H groups in total. The van der Waals surface area contributed by atoms with E-state index >= 15 is 0 Å². The second kappa shape index (κ2) is 12.1. The van der Waals surface area contributed by atoms with Gasteiger partial charge in [0.15, 0.2) is 0 Å². The Bertz CT molecular complexity index is 1030. The van der Waals surface area contributed by atoms with Crippen LogP contribution in [0.4, 0.5) is 5.69 Å². The zero-order chi connectivity index (χ0) is 23.5. The Kier molecular flexibility index (Phi) is 8.64. The van der Waals surface area contributed by atoms with Gasteiger partial charge in [-0.25, -0.2) is 0 Å². The van der Waals surface area contributed by atoms with Gasteiger partial charge in [0.1, 0.15) is 18.1 Å². The summed E-state index contributed by atoms with van der Waals surface area (Å²) in [6, 6.07) is 20.0. The van der Waals surface area contributed by atoms with Crippen LogP contribution in [0.3, 0.4) is 0 Å². The van der Waals surface area contributed by atoms with Crippen molar-refractivity contribution < 1.29 is 23.5 Å². The summed E-state index contributed by atoms with van der Waals surface area (Å²) in [4.78, 5) is 38.9. The Hall–Kier alpha value is -4.07. The van der Waals surface area contributed by atoms with E-state index in [0.29, 0.717) is 23.6 Å². The first-order valence-corrected chi connectivity index (χ1v) is 10.6. The van der Waals surface area contributed by atoms with Crippen LogP contribution in [-0.4, -0.2) is 42.8 Å². The lowest BCUT2D eigenvalue weighted by Gasteiger charge is -2.21. The number of ether oxygens (including phenoxy) is 1. The van der Waals surface area contributed by atoms with Crippen molar-refractivity contribution in [2.24, 2.45) is 0 Å². The van der Waals surface area contributed by atoms with Gasteiger partial charge in [0.05, 0.1) is 26.5 Å². The predicted octanol–water partition coefficient (Wildman–Crippen LogP) is 3.00. The van der Waals surface area contributed by atoms with Gasteiger partial charge in [-0.3, -0.25) is 14.4 Å². The Balaban J connectivity index is 1.51. The van der Waals surface area contributed by atoms with Crippen molar-refractivity contribution >= 4 is 23.4 Å². The van der Waals surface area contributed by atoms with Crippen LogP contribution in [0.1, 0.15) is 17.7 Å². The highest BCUT2D eigenvalue weighted by molar-refractivity contribution is 5.95. The van der Waals surface area contributed by atoms with Crippen molar-refractivity contribution in [1.29, 1.82) is 0 Å². The van der Waals surface area contributed by atoms with E-state index in [-0.39, 0.29) is 37.9 Å². The lowest BCUT2D eigenvalue weighted by atomic mass is 10.1. The molecule has 0 spiro atoms. The van der Waals surface area contributed by atoms with Crippen LogP contribution in [0, 0.1) is 0 Å². The highest BCUT2D eigenvalue weighted by atomic mass is 16.5. The number of methoxy groups -OCH3 is 1. The number of carbonyl (C=O) groups is 3. The second-order valence-electron chi connectivity index (χ2n) is 7.37. The molecule has 0 aliphatic heterocycles. The minimum absolute atomic E-state index is 0.173. The van der Waals surface area contributed by atoms with Crippen molar-refractivity contribution in [3.05, 3.63) is 84.3 Å². The number of hydrogen-bond acceptors (Lipinski definition) is 5. The number of anilines is 1. The molecule has 0 aliphatic rings. The number of aryl methyl sites for hydroxylation is 1. The third-order valence-corrected chi connectivity index (χ3v) is 4.90. The number of carbonyl (C=O) groups excluding carboxylic acids is 3. The largest absolute Gasteiger partial charge is 0.497 e. The summed E-state index contributed by atoms with van der Waals surface area (Å²) >= 11 is 0. The zero-order valence-electron chi connectivity index (χ0n) is 18.5. The molecule has 0 aliphatic carbocycles. The topological polar surface area (TPSA) is 101 Å². The van der Waals surface area contributed by atoms with Gasteiger partial charge >= 0.3 is 0 Å². The van der Waals surface area contributed by atoms with Crippen LogP contribution in [0.2, 0.25) is 0 Å². The van der Waals surface area contributed by atoms with Gasteiger partial charge in [0, 0.05) is 12.1 Å². The first-order chi connectivity index (χ1) is 16.0. The Labute approximate surface area is 192 Å². The van der Waals surface area contributed by atoms with Crippen molar-refractivity contribution in [3.8, 4) is 5.75 Å². The normalized spacial score (nSPS) is 10.3. The average molecular weight is 450 g/mol. The quantitative estimate of drug-likeness (QED) is 0.469. The van der Waals surface area contributed by atoms with Crippen molar-refractivity contribution in [3.63, 3.8) is 0 Å². The maximum atomic E-state index is 12.8. The molecule has 2 aromatic carbocycles. The molecule has 0 atom stereocenters. The molecule has 3 amide bonds. The minimum atomic E-state index is -0.431. The molecule has 3 rings (SSSR count). The van der Waals surface area contributed by atoms with Crippen LogP contribution in [-0.2, 0) is 27.3 Å². The molecule has 3 aromatic rings. The average Bonchev–Trinajstić information content (AvgIpc) is 3.35. The number of furan rings is 1. The molecule has 8 nitrogen and oxygen atoms in total. The molecular weight excluding hydrogens is 422 g/mol. The van der Waals surface area contributed by atoms with Gasteiger partial charge in [-0.1, -0.05) is 30.3 Å². The molecule has 0 saturated heterocycles. The third kappa shape index (κ3) is 7.84. The molecule has 33 heavy (non-hydrogen) atoms. The molecule has 0 saturated carbocycles. The van der Waals surface area contributed by atoms with Gasteiger partial charge in [0.25, 0.3) is 0 Å². The number of hydrogen-bond donors (Lipinski definition) is 2. The standard InChI is InChI=1S/C25H27N3O5/c1-32-21-12-10-20(11-13-21)27-23(29)16-26-24(30)18-28(17-22-8-5-15-33-22)25(31)14-9-19-6-3-2-4-7-19/h2-8,10-13,15H,9,14,16-18H2,1H3,(H,26,30)(H,27,29). The van der Waals surface area contributed by atoms with Crippen LogP contribution in [0.25, 0.3) is 0 Å². The van der Waals surface area contributed by atoms with Crippen LogP contribution in [0.15, 0.2) is 77.4 Å². The number of rotatable bonds is 11. The highest BCUT2D eigenvalue weighted by Gasteiger charge is 2.19. The summed E-state index contributed by atoms with van der Waals surface area (Å²) in [5.74, 6) is 0.275. The molecule has 0 fully saturated rings. The molecule has 1 aromatic heterocycles. The van der Waals surface area contributed by atoms with Crippen molar-refractivity contribution in [2.75, 3.05) is 25.5 Å². The molecule has 0 unspecified atom stereocenters. The second-order valence-corrected chi connectivity index (χ2v) is 7.37. The molecule has 172 valence electrons. The first-order valence-electron chi connectivity index (χ1n) is 10.6. The van der Waals surface area contributed by atoms with Crippen LogP contribution < -0.4 is 15.4 Å². The number of nitrogens with zero attached hydrogens (tertiary/aromatic N) is 1. The fourth-order valence-corrected chi connectivity index (χ4v) is 3.16. The van der Waals surface area contributed by atoms with E-state index in [1.54, 1.807) is 43.5 Å². The molecule has 0 bridgehead atoms. The summed E-state index contributed by atoms with van der Waals surface area (Å²) < 4.78 is 10.4. The number of amides is 3. The molecular formula is C25H27N3O5. The zero-order valence-corrected chi connectivity index (χ0v) is 18.5. The summed E-state index contributed by atoms with van der Waals surface area (Å²) in [6.45, 7) is -0.214. The van der Waals surface area contributed by atoms with Gasteiger partial charge in [-0.2, -0.15) is 0 Å². The van der Waals surface area contributed by atoms with Gasteiger partial charge < -0.3 is 24.7 Å². The van der Waals surface area contributed by atoms with E-state index in [2.05, 4.69) is 10.6 Å². The maximum absolute atomic E-state index is 12.8. The third-order valence-electron chi connectivity index (χ3n) is 4.90. The molecule has 1 heterocycles. The van der Waals surface area contributed by atoms with E-state index in [1.807, 2.05) is 30.3 Å². The van der Waals surface area contributed by atoms with Crippen LogP contribution >= 0.6 is 0 Å². The lowest BCUT2D eigenvalue weighted by molar-refractivity contribution is -0.137. The van der Waals surface area contributed by atoms with E-state index < -0.39 is 5.91 Å². The Morgan fingerprint density at radius 3 is 2.36 bits per heavy atom. The van der Waals surface area contributed by atoms with Crippen LogP contribution in [0.5, 0.6) is 5.75 Å². The van der Waals surface area contributed by atoms with E-state index in [9.17, 15) is 14.4 Å².